The Morgan fingerprint density at radius 1 is 1.53 bits per heavy atom. The van der Waals surface area contributed by atoms with Crippen LogP contribution in [0.5, 0.6) is 5.75 Å². The minimum Gasteiger partial charge on any atom is -0.507 e. The fourth-order valence-electron chi connectivity index (χ4n) is 1.79. The third-order valence-corrected chi connectivity index (χ3v) is 2.60. The molecular formula is C11H13ClFNO3. The summed E-state index contributed by atoms with van der Waals surface area (Å²) in [7, 11) is 0. The van der Waals surface area contributed by atoms with Crippen LogP contribution in [-0.2, 0) is 4.74 Å². The molecule has 17 heavy (non-hydrogen) atoms. The number of hydrogen-bond donors (Lipinski definition) is 2. The van der Waals surface area contributed by atoms with E-state index in [-0.39, 0.29) is 24.8 Å². The average Bonchev–Trinajstić information content (AvgIpc) is 2.23. The molecule has 1 aromatic rings. The van der Waals surface area contributed by atoms with E-state index in [2.05, 4.69) is 5.32 Å². The van der Waals surface area contributed by atoms with E-state index < -0.39 is 18.0 Å². The first-order valence-electron chi connectivity index (χ1n) is 5.00. The Bertz CT molecular complexity index is 439. The van der Waals surface area contributed by atoms with Crippen LogP contribution in [0.3, 0.4) is 0 Å². The molecule has 1 heterocycles. The summed E-state index contributed by atoms with van der Waals surface area (Å²) in [5.41, 5.74) is 0.852. The second-order valence-corrected chi connectivity index (χ2v) is 3.78. The summed E-state index contributed by atoms with van der Waals surface area (Å²) in [6, 6.07) is 2.09. The molecule has 4 nitrogen and oxygen atoms in total. The number of benzene rings is 1. The van der Waals surface area contributed by atoms with Gasteiger partial charge in [-0.05, 0) is 24.6 Å². The van der Waals surface area contributed by atoms with E-state index in [4.69, 9.17) is 4.74 Å². The smallest absolute Gasteiger partial charge is 0.407 e. The van der Waals surface area contributed by atoms with Gasteiger partial charge in [0.25, 0.3) is 0 Å². The molecule has 0 spiro atoms. The van der Waals surface area contributed by atoms with Crippen molar-refractivity contribution < 1.29 is 19.0 Å². The van der Waals surface area contributed by atoms with Crippen molar-refractivity contribution in [2.45, 2.75) is 19.4 Å². The average molecular weight is 262 g/mol. The summed E-state index contributed by atoms with van der Waals surface area (Å²) in [6.07, 6.45) is -0.0279. The van der Waals surface area contributed by atoms with Crippen molar-refractivity contribution in [1.82, 2.24) is 5.32 Å². The number of nitrogens with one attached hydrogen (secondary N) is 1. The Morgan fingerprint density at radius 2 is 2.24 bits per heavy atom. The number of amides is 1. The zero-order valence-electron chi connectivity index (χ0n) is 9.20. The van der Waals surface area contributed by atoms with Crippen LogP contribution in [0.15, 0.2) is 12.1 Å². The predicted octanol–water partition coefficient (Wildman–Crippen LogP) is 2.43. The normalized spacial score (nSPS) is 18.9. The molecule has 0 bridgehead atoms. The standard InChI is InChI=1S/C11H12FNO3.ClH/c1-6-4-7(12)5-8(10(6)14)9-2-3-16-11(15)13-9;/h4-5,9,14H,2-3H2,1H3,(H,13,15);1H/t9-;/m0./s1. The van der Waals surface area contributed by atoms with Crippen molar-refractivity contribution in [3.63, 3.8) is 0 Å². The van der Waals surface area contributed by atoms with Crippen molar-refractivity contribution in [3.05, 3.63) is 29.1 Å². The topological polar surface area (TPSA) is 58.6 Å². The van der Waals surface area contributed by atoms with E-state index >= 15 is 0 Å². The zero-order chi connectivity index (χ0) is 11.7. The summed E-state index contributed by atoms with van der Waals surface area (Å²) in [5, 5.41) is 12.3. The number of phenolic OH excluding ortho intramolecular Hbond substituents is 1. The fraction of sp³-hybridized carbons (Fsp3) is 0.364. The molecule has 1 aromatic carbocycles. The highest BCUT2D eigenvalue weighted by Crippen LogP contribution is 2.31. The van der Waals surface area contributed by atoms with E-state index in [1.807, 2.05) is 0 Å². The molecule has 1 atom stereocenters. The van der Waals surface area contributed by atoms with Gasteiger partial charge in [0, 0.05) is 12.0 Å². The maximum Gasteiger partial charge on any atom is 0.407 e. The van der Waals surface area contributed by atoms with Crippen molar-refractivity contribution in [3.8, 4) is 5.75 Å². The number of carbonyl (C=O) groups is 1. The van der Waals surface area contributed by atoms with Crippen LogP contribution in [0.2, 0.25) is 0 Å². The van der Waals surface area contributed by atoms with Gasteiger partial charge in [0.15, 0.2) is 0 Å². The Labute approximate surface area is 104 Å². The second-order valence-electron chi connectivity index (χ2n) is 3.78. The van der Waals surface area contributed by atoms with E-state index in [9.17, 15) is 14.3 Å². The zero-order valence-corrected chi connectivity index (χ0v) is 10.0. The predicted molar refractivity (Wildman–Crippen MR) is 61.9 cm³/mol. The maximum absolute atomic E-state index is 13.2. The molecule has 1 saturated heterocycles. The van der Waals surface area contributed by atoms with Gasteiger partial charge in [0.1, 0.15) is 11.6 Å². The quantitative estimate of drug-likeness (QED) is 0.816. The molecule has 1 fully saturated rings. The number of alkyl carbamates (subject to hydrolysis) is 1. The van der Waals surface area contributed by atoms with Gasteiger partial charge in [-0.1, -0.05) is 0 Å². The van der Waals surface area contributed by atoms with Crippen LogP contribution in [0.25, 0.3) is 0 Å². The maximum atomic E-state index is 13.2. The highest BCUT2D eigenvalue weighted by atomic mass is 35.5. The monoisotopic (exact) mass is 261 g/mol. The van der Waals surface area contributed by atoms with Gasteiger partial charge < -0.3 is 15.2 Å². The lowest BCUT2D eigenvalue weighted by Crippen LogP contribution is -2.35. The minimum absolute atomic E-state index is 0. The molecule has 2 N–H and O–H groups in total. The van der Waals surface area contributed by atoms with Gasteiger partial charge in [0.05, 0.1) is 12.6 Å². The van der Waals surface area contributed by atoms with Crippen molar-refractivity contribution in [2.24, 2.45) is 0 Å². The molecule has 94 valence electrons. The molecule has 6 heteroatoms. The lowest BCUT2D eigenvalue weighted by Gasteiger charge is -2.24. The molecule has 0 aliphatic carbocycles. The highest BCUT2D eigenvalue weighted by molar-refractivity contribution is 5.85. The number of hydrogen-bond acceptors (Lipinski definition) is 3. The van der Waals surface area contributed by atoms with Gasteiger partial charge in [0.2, 0.25) is 0 Å². The molecule has 0 aromatic heterocycles. The molecule has 0 unspecified atom stereocenters. The molecule has 1 aliphatic heterocycles. The number of aromatic hydroxyl groups is 1. The molecule has 2 rings (SSSR count). The van der Waals surface area contributed by atoms with Crippen LogP contribution >= 0.6 is 12.4 Å². The first kappa shape index (κ1) is 13.6. The van der Waals surface area contributed by atoms with Gasteiger partial charge in [-0.15, -0.1) is 12.4 Å². The highest BCUT2D eigenvalue weighted by Gasteiger charge is 2.24. The van der Waals surface area contributed by atoms with Crippen molar-refractivity contribution in [2.75, 3.05) is 6.61 Å². The number of phenols is 1. The Hall–Kier alpha value is -1.49. The Balaban J connectivity index is 0.00000144. The first-order chi connectivity index (χ1) is 7.58. The summed E-state index contributed by atoms with van der Waals surface area (Å²) in [5.74, 6) is -0.403. The van der Waals surface area contributed by atoms with Gasteiger partial charge in [-0.3, -0.25) is 0 Å². The largest absolute Gasteiger partial charge is 0.507 e. The van der Waals surface area contributed by atoms with Crippen LogP contribution in [0.1, 0.15) is 23.6 Å². The van der Waals surface area contributed by atoms with Gasteiger partial charge in [-0.25, -0.2) is 9.18 Å². The van der Waals surface area contributed by atoms with E-state index in [0.29, 0.717) is 17.5 Å². The van der Waals surface area contributed by atoms with Gasteiger partial charge >= 0.3 is 6.09 Å². The molecular weight excluding hydrogens is 249 g/mol. The SMILES string of the molecule is Cc1cc(F)cc([C@@H]2CCOC(=O)N2)c1O.Cl. The Kier molecular flexibility index (Phi) is 4.17. The van der Waals surface area contributed by atoms with Crippen LogP contribution in [-0.4, -0.2) is 17.8 Å². The lowest BCUT2D eigenvalue weighted by atomic mass is 9.99. The molecule has 1 aliphatic rings. The summed E-state index contributed by atoms with van der Waals surface area (Å²) < 4.78 is 17.9. The first-order valence-corrected chi connectivity index (χ1v) is 5.00. The molecule has 0 saturated carbocycles. The number of cyclic esters (lactones) is 1. The third kappa shape index (κ3) is 2.79. The number of aryl methyl sites for hydroxylation is 1. The number of carbonyl (C=O) groups excluding carboxylic acids is 1. The van der Waals surface area contributed by atoms with Crippen LogP contribution in [0, 0.1) is 12.7 Å². The summed E-state index contributed by atoms with van der Waals surface area (Å²) in [4.78, 5) is 11.0. The minimum atomic E-state index is -0.544. The number of halogens is 2. The van der Waals surface area contributed by atoms with Crippen LogP contribution in [0.4, 0.5) is 9.18 Å². The van der Waals surface area contributed by atoms with Crippen molar-refractivity contribution >= 4 is 18.5 Å². The molecule has 0 radical (unpaired) electrons. The molecule has 1 amide bonds. The summed E-state index contributed by atoms with van der Waals surface area (Å²) >= 11 is 0. The van der Waals surface area contributed by atoms with E-state index in [1.165, 1.54) is 12.1 Å². The number of rotatable bonds is 1. The second kappa shape index (κ2) is 5.23. The Morgan fingerprint density at radius 3 is 2.88 bits per heavy atom. The van der Waals surface area contributed by atoms with E-state index in [1.54, 1.807) is 6.92 Å². The summed E-state index contributed by atoms with van der Waals surface area (Å²) in [6.45, 7) is 1.88. The lowest BCUT2D eigenvalue weighted by molar-refractivity contribution is 0.115. The van der Waals surface area contributed by atoms with Crippen molar-refractivity contribution in [1.29, 1.82) is 0 Å². The fourth-order valence-corrected chi connectivity index (χ4v) is 1.79. The van der Waals surface area contributed by atoms with Gasteiger partial charge in [-0.2, -0.15) is 0 Å². The number of ether oxygens (including phenoxy) is 1. The third-order valence-electron chi connectivity index (χ3n) is 2.60. The van der Waals surface area contributed by atoms with Crippen LogP contribution < -0.4 is 5.32 Å². The van der Waals surface area contributed by atoms with E-state index in [0.717, 1.165) is 0 Å².